The van der Waals surface area contributed by atoms with Crippen molar-refractivity contribution in [1.82, 2.24) is 5.48 Å². The van der Waals surface area contributed by atoms with Gasteiger partial charge in [0.1, 0.15) is 0 Å². The molecule has 0 atom stereocenters. The second-order valence-electron chi connectivity index (χ2n) is 1.68. The van der Waals surface area contributed by atoms with Gasteiger partial charge in [0.05, 0.1) is 12.1 Å². The molecule has 0 aliphatic carbocycles. The smallest absolute Gasteiger partial charge is 0.189 e. The number of hydrogen-bond acceptors (Lipinski definition) is 4. The number of rotatable bonds is 5. The molecule has 0 aromatic carbocycles. The van der Waals surface area contributed by atoms with Crippen LogP contribution in [0.2, 0.25) is 0 Å². The van der Waals surface area contributed by atoms with Crippen molar-refractivity contribution >= 4 is 29.5 Å². The highest BCUT2D eigenvalue weighted by molar-refractivity contribution is 8.02. The maximum atomic E-state index is 10.4. The van der Waals surface area contributed by atoms with Crippen LogP contribution in [0.4, 0.5) is 0 Å². The summed E-state index contributed by atoms with van der Waals surface area (Å²) in [7, 11) is 1.52. The lowest BCUT2D eigenvalue weighted by atomic mass is 10.4. The molecule has 5 heteroatoms. The molecule has 0 saturated heterocycles. The highest BCUT2D eigenvalue weighted by Gasteiger charge is 1.94. The van der Waals surface area contributed by atoms with Crippen LogP contribution < -0.4 is 5.48 Å². The van der Waals surface area contributed by atoms with E-state index in [1.165, 1.54) is 18.9 Å². The standard InChI is InChI=1S/C6H11NO2S2/c1-9-7-5(11-2)3-4-6(8)10/h3,7H,4H2,1-2H3,(H,8,10)/b5-3+. The van der Waals surface area contributed by atoms with Gasteiger partial charge in [-0.25, -0.2) is 0 Å². The average molecular weight is 193 g/mol. The molecule has 64 valence electrons. The molecule has 1 N–H and O–H groups in total. The molecule has 11 heavy (non-hydrogen) atoms. The average Bonchev–Trinajstić information content (AvgIpc) is 1.97. The molecule has 0 aliphatic rings. The number of thiol groups is 1. The van der Waals surface area contributed by atoms with Gasteiger partial charge in [0.25, 0.3) is 0 Å². The van der Waals surface area contributed by atoms with E-state index in [1.54, 1.807) is 6.08 Å². The van der Waals surface area contributed by atoms with Crippen molar-refractivity contribution in [2.45, 2.75) is 6.42 Å². The minimum atomic E-state index is -0.158. The van der Waals surface area contributed by atoms with Crippen LogP contribution in [0.1, 0.15) is 6.42 Å². The third kappa shape index (κ3) is 6.28. The van der Waals surface area contributed by atoms with Crippen LogP contribution in [0, 0.1) is 0 Å². The lowest BCUT2D eigenvalue weighted by Crippen LogP contribution is -2.08. The van der Waals surface area contributed by atoms with Crippen LogP contribution in [0.5, 0.6) is 0 Å². The summed E-state index contributed by atoms with van der Waals surface area (Å²) in [6.07, 6.45) is 3.93. The molecule has 0 radical (unpaired) electrons. The molecule has 0 rings (SSSR count). The third-order valence-electron chi connectivity index (χ3n) is 0.885. The first-order chi connectivity index (χ1) is 5.20. The van der Waals surface area contributed by atoms with Gasteiger partial charge in [-0.1, -0.05) is 0 Å². The molecule has 0 aliphatic heterocycles. The molecule has 0 spiro atoms. The second kappa shape index (κ2) is 6.57. The molecular formula is C6H11NO2S2. The number of thioether (sulfide) groups is 1. The Balaban J connectivity index is 3.80. The highest BCUT2D eigenvalue weighted by Crippen LogP contribution is 2.08. The number of hydroxylamine groups is 1. The van der Waals surface area contributed by atoms with Gasteiger partial charge in [0.2, 0.25) is 0 Å². The summed E-state index contributed by atoms with van der Waals surface area (Å²) in [6.45, 7) is 0. The van der Waals surface area contributed by atoms with E-state index in [9.17, 15) is 4.79 Å². The van der Waals surface area contributed by atoms with E-state index in [-0.39, 0.29) is 5.12 Å². The van der Waals surface area contributed by atoms with Gasteiger partial charge in [-0.05, 0) is 12.3 Å². The van der Waals surface area contributed by atoms with E-state index in [4.69, 9.17) is 0 Å². The lowest BCUT2D eigenvalue weighted by molar-refractivity contribution is -0.110. The molecule has 0 fully saturated rings. The van der Waals surface area contributed by atoms with Crippen molar-refractivity contribution in [2.24, 2.45) is 0 Å². The number of carbonyl (C=O) groups is 1. The summed E-state index contributed by atoms with van der Waals surface area (Å²) < 4.78 is 0. The minimum absolute atomic E-state index is 0.158. The molecule has 0 saturated carbocycles. The van der Waals surface area contributed by atoms with E-state index in [1.807, 2.05) is 6.26 Å². The van der Waals surface area contributed by atoms with Crippen molar-refractivity contribution in [1.29, 1.82) is 0 Å². The maximum absolute atomic E-state index is 10.4. The molecule has 0 bridgehead atoms. The Morgan fingerprint density at radius 3 is 2.82 bits per heavy atom. The molecule has 0 aromatic rings. The number of allylic oxidation sites excluding steroid dienone is 1. The number of nitrogens with one attached hydrogen (secondary N) is 1. The Hall–Kier alpha value is -0.130. The highest BCUT2D eigenvalue weighted by atomic mass is 32.2. The summed E-state index contributed by atoms with van der Waals surface area (Å²) in [6, 6.07) is 0. The molecule has 3 nitrogen and oxygen atoms in total. The Morgan fingerprint density at radius 2 is 2.45 bits per heavy atom. The van der Waals surface area contributed by atoms with E-state index in [2.05, 4.69) is 22.9 Å². The summed E-state index contributed by atoms with van der Waals surface area (Å²) >= 11 is 5.09. The van der Waals surface area contributed by atoms with Gasteiger partial charge in [-0.3, -0.25) is 15.1 Å². The van der Waals surface area contributed by atoms with E-state index < -0.39 is 0 Å². The zero-order valence-electron chi connectivity index (χ0n) is 6.46. The Morgan fingerprint density at radius 1 is 1.82 bits per heavy atom. The van der Waals surface area contributed by atoms with Gasteiger partial charge < -0.3 is 0 Å². The van der Waals surface area contributed by atoms with Crippen molar-refractivity contribution in [3.63, 3.8) is 0 Å². The molecular weight excluding hydrogens is 182 g/mol. The summed E-state index contributed by atoms with van der Waals surface area (Å²) in [4.78, 5) is 15.1. The van der Waals surface area contributed by atoms with E-state index >= 15 is 0 Å². The largest absolute Gasteiger partial charge is 0.287 e. The maximum Gasteiger partial charge on any atom is 0.189 e. The van der Waals surface area contributed by atoms with Crippen molar-refractivity contribution in [3.8, 4) is 0 Å². The first-order valence-electron chi connectivity index (χ1n) is 2.95. The van der Waals surface area contributed by atoms with E-state index in [0.717, 1.165) is 5.03 Å². The summed E-state index contributed by atoms with van der Waals surface area (Å²) in [5, 5.41) is 0.657. The quantitative estimate of drug-likeness (QED) is 0.508. The normalized spacial score (nSPS) is 11.4. The predicted molar refractivity (Wildman–Crippen MR) is 50.4 cm³/mol. The lowest BCUT2D eigenvalue weighted by Gasteiger charge is -2.03. The fourth-order valence-electron chi connectivity index (χ4n) is 0.447. The topological polar surface area (TPSA) is 38.3 Å². The number of hydrogen-bond donors (Lipinski definition) is 2. The first-order valence-corrected chi connectivity index (χ1v) is 4.62. The summed E-state index contributed by atoms with van der Waals surface area (Å²) in [5.41, 5.74) is 2.63. The molecule has 0 heterocycles. The van der Waals surface area contributed by atoms with Gasteiger partial charge in [0.15, 0.2) is 5.12 Å². The Bertz CT molecular complexity index is 159. The van der Waals surface area contributed by atoms with Crippen LogP contribution in [0.3, 0.4) is 0 Å². The SMILES string of the molecule is CON/C(=C\CC(=O)S)SC. The number of carbonyl (C=O) groups excluding carboxylic acids is 1. The van der Waals surface area contributed by atoms with Crippen LogP contribution in [0.25, 0.3) is 0 Å². The zero-order valence-corrected chi connectivity index (χ0v) is 8.17. The minimum Gasteiger partial charge on any atom is -0.287 e. The predicted octanol–water partition coefficient (Wildman–Crippen LogP) is 1.19. The van der Waals surface area contributed by atoms with Crippen LogP contribution in [-0.4, -0.2) is 18.5 Å². The Kier molecular flexibility index (Phi) is 6.49. The zero-order chi connectivity index (χ0) is 8.69. The van der Waals surface area contributed by atoms with Crippen LogP contribution >= 0.6 is 24.4 Å². The van der Waals surface area contributed by atoms with Crippen LogP contribution in [0.15, 0.2) is 11.1 Å². The van der Waals surface area contributed by atoms with Crippen molar-refractivity contribution < 1.29 is 9.63 Å². The fraction of sp³-hybridized carbons (Fsp3) is 0.500. The monoisotopic (exact) mass is 193 g/mol. The van der Waals surface area contributed by atoms with Gasteiger partial charge in [-0.15, -0.1) is 24.4 Å². The van der Waals surface area contributed by atoms with Crippen molar-refractivity contribution in [3.05, 3.63) is 11.1 Å². The van der Waals surface area contributed by atoms with Gasteiger partial charge in [-0.2, -0.15) is 0 Å². The molecule has 0 unspecified atom stereocenters. The summed E-state index contributed by atoms with van der Waals surface area (Å²) in [5.74, 6) is 0. The van der Waals surface area contributed by atoms with E-state index in [0.29, 0.717) is 6.42 Å². The fourth-order valence-corrected chi connectivity index (χ4v) is 0.955. The third-order valence-corrected chi connectivity index (χ3v) is 1.76. The molecule has 0 amide bonds. The van der Waals surface area contributed by atoms with Gasteiger partial charge in [0, 0.05) is 6.42 Å². The second-order valence-corrected chi connectivity index (χ2v) is 3.02. The van der Waals surface area contributed by atoms with Crippen molar-refractivity contribution in [2.75, 3.05) is 13.4 Å². The molecule has 0 aromatic heterocycles. The van der Waals surface area contributed by atoms with Gasteiger partial charge >= 0.3 is 0 Å². The first kappa shape index (κ1) is 10.9. The Labute approximate surface area is 75.9 Å². The van der Waals surface area contributed by atoms with Crippen LogP contribution in [-0.2, 0) is 9.63 Å².